The summed E-state index contributed by atoms with van der Waals surface area (Å²) < 4.78 is 43.9. The predicted octanol–water partition coefficient (Wildman–Crippen LogP) is 3.93. The Bertz CT molecular complexity index is 814. The molecule has 7 heteroatoms. The Morgan fingerprint density at radius 1 is 1.04 bits per heavy atom. The molecule has 1 N–H and O–H groups in total. The molecular formula is C19H16F3NO3. The van der Waals surface area contributed by atoms with Crippen molar-refractivity contribution in [1.29, 1.82) is 0 Å². The predicted molar refractivity (Wildman–Crippen MR) is 89.5 cm³/mol. The van der Waals surface area contributed by atoms with Crippen molar-refractivity contribution in [2.45, 2.75) is 19.7 Å². The Labute approximate surface area is 148 Å². The van der Waals surface area contributed by atoms with Crippen LogP contribution in [0.1, 0.15) is 23.6 Å². The number of halogens is 3. The molecular weight excluding hydrogens is 347 g/mol. The molecule has 2 aromatic rings. The van der Waals surface area contributed by atoms with E-state index in [9.17, 15) is 22.8 Å². The van der Waals surface area contributed by atoms with E-state index in [0.29, 0.717) is 5.56 Å². The number of alkyl halides is 3. The first-order valence-electron chi connectivity index (χ1n) is 7.64. The van der Waals surface area contributed by atoms with E-state index < -0.39 is 30.2 Å². The maximum absolute atomic E-state index is 13.0. The molecule has 0 spiro atoms. The maximum Gasteiger partial charge on any atom is 0.416 e. The normalized spacial score (nSPS) is 11.8. The topological polar surface area (TPSA) is 55.4 Å². The molecule has 0 aliphatic carbocycles. The summed E-state index contributed by atoms with van der Waals surface area (Å²) in [5.41, 5.74) is -0.576. The summed E-state index contributed by atoms with van der Waals surface area (Å²) in [6.45, 7) is 0.644. The zero-order valence-corrected chi connectivity index (χ0v) is 13.8. The lowest BCUT2D eigenvalue weighted by atomic mass is 10.1. The molecule has 0 radical (unpaired) electrons. The van der Waals surface area contributed by atoms with Crippen LogP contribution in [0.4, 0.5) is 13.2 Å². The van der Waals surface area contributed by atoms with E-state index in [1.54, 1.807) is 30.3 Å². The molecule has 0 unspecified atom stereocenters. The Hall–Kier alpha value is -3.09. The van der Waals surface area contributed by atoms with Crippen LogP contribution in [0.3, 0.4) is 0 Å². The first-order chi connectivity index (χ1) is 12.3. The van der Waals surface area contributed by atoms with Gasteiger partial charge in [0.25, 0.3) is 0 Å². The minimum atomic E-state index is -4.55. The molecule has 4 nitrogen and oxygen atoms in total. The number of hydrogen-bond acceptors (Lipinski definition) is 3. The lowest BCUT2D eigenvalue weighted by Gasteiger charge is -2.14. The number of amides is 1. The van der Waals surface area contributed by atoms with Crippen LogP contribution in [0.2, 0.25) is 0 Å². The van der Waals surface area contributed by atoms with Gasteiger partial charge in [0.05, 0.1) is 5.56 Å². The monoisotopic (exact) mass is 363 g/mol. The number of esters is 1. The summed E-state index contributed by atoms with van der Waals surface area (Å²) in [6.07, 6.45) is -3.16. The van der Waals surface area contributed by atoms with Gasteiger partial charge in [0.15, 0.2) is 0 Å². The number of carbonyl (C=O) groups excluding carboxylic acids is 2. The third-order valence-electron chi connectivity index (χ3n) is 3.32. The molecule has 0 saturated heterocycles. The molecule has 2 aromatic carbocycles. The highest BCUT2D eigenvalue weighted by molar-refractivity contribution is 5.97. The van der Waals surface area contributed by atoms with Gasteiger partial charge in [0.2, 0.25) is 5.91 Å². The summed E-state index contributed by atoms with van der Waals surface area (Å²) >= 11 is 0. The van der Waals surface area contributed by atoms with E-state index in [0.717, 1.165) is 6.07 Å². The van der Waals surface area contributed by atoms with Gasteiger partial charge in [-0.2, -0.15) is 13.2 Å². The molecule has 1 amide bonds. The number of hydrogen-bond donors (Lipinski definition) is 1. The standard InChI is InChI=1S/C19H16F3NO3/c1-13(24)23-17(11-14-7-3-2-4-8-14)18(25)26-12-15-9-5-6-10-16(15)19(20,21)22/h2-11H,12H2,1H3,(H,23,24)/b17-11+. The fraction of sp³-hybridized carbons (Fsp3) is 0.158. The third kappa shape index (κ3) is 5.47. The maximum atomic E-state index is 13.0. The van der Waals surface area contributed by atoms with E-state index in [1.807, 2.05) is 0 Å². The number of ether oxygens (including phenoxy) is 1. The molecule has 0 saturated carbocycles. The van der Waals surface area contributed by atoms with Gasteiger partial charge < -0.3 is 10.1 Å². The van der Waals surface area contributed by atoms with Gasteiger partial charge >= 0.3 is 12.1 Å². The fourth-order valence-electron chi connectivity index (χ4n) is 2.20. The van der Waals surface area contributed by atoms with E-state index in [-0.39, 0.29) is 11.3 Å². The highest BCUT2D eigenvalue weighted by Crippen LogP contribution is 2.32. The van der Waals surface area contributed by atoms with Gasteiger partial charge in [-0.3, -0.25) is 4.79 Å². The first-order valence-corrected chi connectivity index (χ1v) is 7.64. The van der Waals surface area contributed by atoms with Crippen molar-refractivity contribution < 1.29 is 27.5 Å². The van der Waals surface area contributed by atoms with Crippen molar-refractivity contribution in [1.82, 2.24) is 5.32 Å². The van der Waals surface area contributed by atoms with Crippen LogP contribution in [-0.4, -0.2) is 11.9 Å². The number of rotatable bonds is 5. The lowest BCUT2D eigenvalue weighted by molar-refractivity contribution is -0.145. The van der Waals surface area contributed by atoms with Gasteiger partial charge in [-0.25, -0.2) is 4.79 Å². The molecule has 2 rings (SSSR count). The molecule has 0 aromatic heterocycles. The summed E-state index contributed by atoms with van der Waals surface area (Å²) in [5, 5.41) is 2.33. The van der Waals surface area contributed by atoms with Crippen LogP contribution in [0.15, 0.2) is 60.3 Å². The van der Waals surface area contributed by atoms with Crippen LogP contribution < -0.4 is 5.32 Å². The highest BCUT2D eigenvalue weighted by atomic mass is 19.4. The van der Waals surface area contributed by atoms with Gasteiger partial charge in [-0.15, -0.1) is 0 Å². The van der Waals surface area contributed by atoms with E-state index in [1.165, 1.54) is 31.2 Å². The summed E-state index contributed by atoms with van der Waals surface area (Å²) in [5.74, 6) is -1.43. The Kier molecular flexibility index (Phi) is 6.16. The minimum Gasteiger partial charge on any atom is -0.456 e. The number of carbonyl (C=O) groups is 2. The van der Waals surface area contributed by atoms with Crippen molar-refractivity contribution in [3.05, 3.63) is 77.0 Å². The zero-order chi connectivity index (χ0) is 19.2. The Morgan fingerprint density at radius 2 is 1.65 bits per heavy atom. The highest BCUT2D eigenvalue weighted by Gasteiger charge is 2.33. The molecule has 136 valence electrons. The molecule has 0 aliphatic heterocycles. The van der Waals surface area contributed by atoms with Crippen LogP contribution in [0, 0.1) is 0 Å². The quantitative estimate of drug-likeness (QED) is 0.647. The van der Waals surface area contributed by atoms with Crippen molar-refractivity contribution in [2.75, 3.05) is 0 Å². The largest absolute Gasteiger partial charge is 0.456 e. The van der Waals surface area contributed by atoms with Crippen molar-refractivity contribution in [3.63, 3.8) is 0 Å². The van der Waals surface area contributed by atoms with Crippen LogP contribution >= 0.6 is 0 Å². The number of benzene rings is 2. The average molecular weight is 363 g/mol. The third-order valence-corrected chi connectivity index (χ3v) is 3.32. The summed E-state index contributed by atoms with van der Waals surface area (Å²) in [4.78, 5) is 23.5. The van der Waals surface area contributed by atoms with E-state index in [4.69, 9.17) is 4.74 Å². The van der Waals surface area contributed by atoms with Crippen molar-refractivity contribution >= 4 is 18.0 Å². The molecule has 0 heterocycles. The smallest absolute Gasteiger partial charge is 0.416 e. The molecule has 0 fully saturated rings. The van der Waals surface area contributed by atoms with Crippen LogP contribution in [0.25, 0.3) is 6.08 Å². The zero-order valence-electron chi connectivity index (χ0n) is 13.8. The second kappa shape index (κ2) is 8.33. The Balaban J connectivity index is 2.19. The molecule has 0 aliphatic rings. The summed E-state index contributed by atoms with van der Waals surface area (Å²) in [7, 11) is 0. The Morgan fingerprint density at radius 3 is 2.27 bits per heavy atom. The number of nitrogens with one attached hydrogen (secondary N) is 1. The van der Waals surface area contributed by atoms with Gasteiger partial charge in [0.1, 0.15) is 12.3 Å². The van der Waals surface area contributed by atoms with E-state index >= 15 is 0 Å². The fourth-order valence-corrected chi connectivity index (χ4v) is 2.20. The lowest BCUT2D eigenvalue weighted by Crippen LogP contribution is -2.26. The molecule has 0 bridgehead atoms. The van der Waals surface area contributed by atoms with Crippen LogP contribution in [-0.2, 0) is 27.1 Å². The second-order valence-corrected chi connectivity index (χ2v) is 5.38. The molecule has 0 atom stereocenters. The second-order valence-electron chi connectivity index (χ2n) is 5.38. The van der Waals surface area contributed by atoms with Crippen molar-refractivity contribution in [3.8, 4) is 0 Å². The minimum absolute atomic E-state index is 0.159. The van der Waals surface area contributed by atoms with Crippen molar-refractivity contribution in [2.24, 2.45) is 0 Å². The van der Waals surface area contributed by atoms with Gasteiger partial charge in [0, 0.05) is 12.5 Å². The molecule has 26 heavy (non-hydrogen) atoms. The van der Waals surface area contributed by atoms with Crippen LogP contribution in [0.5, 0.6) is 0 Å². The SMILES string of the molecule is CC(=O)N/C(=C/c1ccccc1)C(=O)OCc1ccccc1C(F)(F)F. The average Bonchev–Trinajstić information content (AvgIpc) is 2.59. The van der Waals surface area contributed by atoms with E-state index in [2.05, 4.69) is 5.32 Å². The van der Waals surface area contributed by atoms with Gasteiger partial charge in [-0.1, -0.05) is 48.5 Å². The summed E-state index contributed by atoms with van der Waals surface area (Å²) in [6, 6.07) is 13.5. The van der Waals surface area contributed by atoms with Gasteiger partial charge in [-0.05, 0) is 17.7 Å². The first kappa shape index (κ1) is 19.2.